The van der Waals surface area contributed by atoms with Gasteiger partial charge in [0.25, 0.3) is 5.90 Å². The van der Waals surface area contributed by atoms with Gasteiger partial charge in [0.15, 0.2) is 11.5 Å². The summed E-state index contributed by atoms with van der Waals surface area (Å²) in [6.45, 7) is 3.94. The number of hydrogen-bond acceptors (Lipinski definition) is 5. The van der Waals surface area contributed by atoms with E-state index in [1.807, 2.05) is 38.1 Å². The number of esters is 1. The van der Waals surface area contributed by atoms with Crippen molar-refractivity contribution in [1.82, 2.24) is 0 Å². The molecule has 0 saturated heterocycles. The van der Waals surface area contributed by atoms with E-state index in [4.69, 9.17) is 13.9 Å². The van der Waals surface area contributed by atoms with Gasteiger partial charge in [0.05, 0.1) is 12.4 Å². The van der Waals surface area contributed by atoms with Gasteiger partial charge in [-0.25, -0.2) is 9.79 Å². The summed E-state index contributed by atoms with van der Waals surface area (Å²) < 4.78 is 15.8. The van der Waals surface area contributed by atoms with Crippen LogP contribution in [0, 0.1) is 0 Å². The van der Waals surface area contributed by atoms with Gasteiger partial charge >= 0.3 is 5.97 Å². The minimum absolute atomic E-state index is 0.120. The van der Waals surface area contributed by atoms with E-state index in [9.17, 15) is 4.79 Å². The van der Waals surface area contributed by atoms with Crippen molar-refractivity contribution in [3.63, 3.8) is 0 Å². The van der Waals surface area contributed by atoms with E-state index < -0.39 is 5.97 Å². The fraction of sp³-hybridized carbons (Fsp3) is 0.176. The molecule has 0 atom stereocenters. The Kier molecular flexibility index (Phi) is 3.78. The summed E-state index contributed by atoms with van der Waals surface area (Å²) in [6, 6.07) is 10.8. The zero-order valence-electron chi connectivity index (χ0n) is 12.3. The smallest absolute Gasteiger partial charge is 0.363 e. The van der Waals surface area contributed by atoms with Gasteiger partial charge in [-0.1, -0.05) is 12.1 Å². The van der Waals surface area contributed by atoms with E-state index in [1.54, 1.807) is 18.2 Å². The first-order valence-electron chi connectivity index (χ1n) is 6.95. The number of hydrogen-bond donors (Lipinski definition) is 0. The van der Waals surface area contributed by atoms with Crippen LogP contribution in [-0.2, 0) is 9.53 Å². The van der Waals surface area contributed by atoms with Crippen LogP contribution in [0.1, 0.15) is 25.2 Å². The molecule has 5 heteroatoms. The lowest BCUT2D eigenvalue weighted by molar-refractivity contribution is -0.130. The highest BCUT2D eigenvalue weighted by Gasteiger charge is 2.25. The number of carbonyl (C=O) groups is 1. The highest BCUT2D eigenvalue weighted by Crippen LogP contribution is 2.21. The third-order valence-electron chi connectivity index (χ3n) is 2.91. The maximum absolute atomic E-state index is 11.8. The van der Waals surface area contributed by atoms with Crippen LogP contribution >= 0.6 is 0 Å². The van der Waals surface area contributed by atoms with Crippen LogP contribution in [-0.4, -0.2) is 18.0 Å². The van der Waals surface area contributed by atoms with Gasteiger partial charge < -0.3 is 13.9 Å². The van der Waals surface area contributed by atoms with E-state index >= 15 is 0 Å². The molecule has 2 heterocycles. The minimum atomic E-state index is -0.492. The molecule has 0 spiro atoms. The number of nitrogens with zero attached hydrogens (tertiary/aromatic N) is 1. The van der Waals surface area contributed by atoms with Gasteiger partial charge in [0, 0.05) is 0 Å². The first-order valence-corrected chi connectivity index (χ1v) is 6.95. The third kappa shape index (κ3) is 3.09. The number of furan rings is 1. The SMILES string of the molecule is CC(C)Oc1ccc(/C=C2/N=C(c3ccco3)OC2=O)cc1. The molecule has 5 nitrogen and oxygen atoms in total. The second kappa shape index (κ2) is 5.89. The molecule has 22 heavy (non-hydrogen) atoms. The van der Waals surface area contributed by atoms with Crippen LogP contribution in [0.4, 0.5) is 0 Å². The predicted molar refractivity (Wildman–Crippen MR) is 81.5 cm³/mol. The Labute approximate surface area is 127 Å². The van der Waals surface area contributed by atoms with Crippen molar-refractivity contribution in [2.24, 2.45) is 4.99 Å². The van der Waals surface area contributed by atoms with Crippen molar-refractivity contribution >= 4 is 17.9 Å². The van der Waals surface area contributed by atoms with Gasteiger partial charge in [0.2, 0.25) is 0 Å². The van der Waals surface area contributed by atoms with Crippen molar-refractivity contribution in [1.29, 1.82) is 0 Å². The van der Waals surface area contributed by atoms with Crippen molar-refractivity contribution in [3.05, 3.63) is 59.7 Å². The van der Waals surface area contributed by atoms with Crippen molar-refractivity contribution in [2.75, 3.05) is 0 Å². The zero-order valence-corrected chi connectivity index (χ0v) is 12.3. The number of benzene rings is 1. The Hall–Kier alpha value is -2.82. The maximum Gasteiger partial charge on any atom is 0.363 e. The summed E-state index contributed by atoms with van der Waals surface area (Å²) in [5, 5.41) is 0. The lowest BCUT2D eigenvalue weighted by Gasteiger charge is -2.09. The van der Waals surface area contributed by atoms with E-state index in [0.29, 0.717) is 5.76 Å². The Morgan fingerprint density at radius 2 is 1.95 bits per heavy atom. The Bertz CT molecular complexity index is 725. The fourth-order valence-electron chi connectivity index (χ4n) is 1.99. The molecular formula is C17H15NO4. The molecular weight excluding hydrogens is 282 g/mol. The van der Waals surface area contributed by atoms with E-state index in [2.05, 4.69) is 4.99 Å². The quantitative estimate of drug-likeness (QED) is 0.641. The van der Waals surface area contributed by atoms with Crippen molar-refractivity contribution < 1.29 is 18.7 Å². The molecule has 1 aliphatic rings. The van der Waals surface area contributed by atoms with Crippen LogP contribution in [0.2, 0.25) is 0 Å². The van der Waals surface area contributed by atoms with Gasteiger partial charge in [-0.05, 0) is 49.8 Å². The highest BCUT2D eigenvalue weighted by molar-refractivity contribution is 6.11. The molecule has 2 aromatic rings. The van der Waals surface area contributed by atoms with E-state index in [0.717, 1.165) is 11.3 Å². The minimum Gasteiger partial charge on any atom is -0.491 e. The largest absolute Gasteiger partial charge is 0.491 e. The maximum atomic E-state index is 11.8. The van der Waals surface area contributed by atoms with Crippen LogP contribution in [0.25, 0.3) is 6.08 Å². The summed E-state index contributed by atoms with van der Waals surface area (Å²) in [7, 11) is 0. The topological polar surface area (TPSA) is 61.0 Å². The Balaban J connectivity index is 1.81. The second-order valence-corrected chi connectivity index (χ2v) is 5.05. The average molecular weight is 297 g/mol. The molecule has 0 saturated carbocycles. The molecule has 3 rings (SSSR count). The molecule has 0 aliphatic carbocycles. The predicted octanol–water partition coefficient (Wildman–Crippen LogP) is 3.41. The van der Waals surface area contributed by atoms with Crippen molar-refractivity contribution in [3.8, 4) is 5.75 Å². The summed E-state index contributed by atoms with van der Waals surface area (Å²) >= 11 is 0. The Morgan fingerprint density at radius 3 is 2.59 bits per heavy atom. The molecule has 0 fully saturated rings. The molecule has 0 radical (unpaired) electrons. The first kappa shape index (κ1) is 14.1. The summed E-state index contributed by atoms with van der Waals surface area (Å²) in [6.07, 6.45) is 3.28. The van der Waals surface area contributed by atoms with Gasteiger partial charge in [-0.15, -0.1) is 0 Å². The summed E-state index contributed by atoms with van der Waals surface area (Å²) in [5.41, 5.74) is 1.08. The zero-order chi connectivity index (χ0) is 15.5. The standard InChI is InChI=1S/C17H15NO4/c1-11(2)21-13-7-5-12(6-8-13)10-14-17(19)22-16(18-14)15-4-3-9-20-15/h3-11H,1-2H3/b14-10+. The second-order valence-electron chi connectivity index (χ2n) is 5.05. The van der Waals surface area contributed by atoms with Crippen LogP contribution in [0.15, 0.2) is 57.8 Å². The molecule has 1 aliphatic heterocycles. The van der Waals surface area contributed by atoms with Gasteiger partial charge in [-0.3, -0.25) is 0 Å². The highest BCUT2D eigenvalue weighted by atomic mass is 16.6. The number of cyclic esters (lactones) is 1. The fourth-order valence-corrected chi connectivity index (χ4v) is 1.99. The normalized spacial score (nSPS) is 16.0. The number of ether oxygens (including phenoxy) is 2. The lowest BCUT2D eigenvalue weighted by atomic mass is 10.2. The molecule has 0 unspecified atom stereocenters. The van der Waals surface area contributed by atoms with E-state index in [1.165, 1.54) is 6.26 Å². The third-order valence-corrected chi connectivity index (χ3v) is 2.91. The molecule has 112 valence electrons. The van der Waals surface area contributed by atoms with Crippen LogP contribution in [0.5, 0.6) is 5.75 Å². The summed E-state index contributed by atoms with van der Waals surface area (Å²) in [5.74, 6) is 0.901. The number of aliphatic imine (C=N–C) groups is 1. The molecule has 0 bridgehead atoms. The van der Waals surface area contributed by atoms with Gasteiger partial charge in [-0.2, -0.15) is 0 Å². The van der Waals surface area contributed by atoms with Gasteiger partial charge in [0.1, 0.15) is 5.75 Å². The van der Waals surface area contributed by atoms with Crippen LogP contribution in [0.3, 0.4) is 0 Å². The summed E-state index contributed by atoms with van der Waals surface area (Å²) in [4.78, 5) is 16.0. The average Bonchev–Trinajstić information content (AvgIpc) is 3.11. The number of carbonyl (C=O) groups excluding carboxylic acids is 1. The van der Waals surface area contributed by atoms with Crippen LogP contribution < -0.4 is 4.74 Å². The van der Waals surface area contributed by atoms with Crippen molar-refractivity contribution in [2.45, 2.75) is 20.0 Å². The molecule has 0 amide bonds. The molecule has 1 aromatic carbocycles. The monoisotopic (exact) mass is 297 g/mol. The molecule has 1 aromatic heterocycles. The Morgan fingerprint density at radius 1 is 1.18 bits per heavy atom. The molecule has 0 N–H and O–H groups in total. The van der Waals surface area contributed by atoms with E-state index in [-0.39, 0.29) is 17.7 Å². The number of rotatable bonds is 4. The lowest BCUT2D eigenvalue weighted by Crippen LogP contribution is -2.05. The first-order chi connectivity index (χ1) is 10.6.